The van der Waals surface area contributed by atoms with Crippen LogP contribution in [0.1, 0.15) is 45.2 Å². The Balaban J connectivity index is 2.36. The normalized spacial score (nSPS) is 26.5. The van der Waals surface area contributed by atoms with Crippen molar-refractivity contribution in [3.63, 3.8) is 0 Å². The molecule has 1 heterocycles. The van der Waals surface area contributed by atoms with Crippen molar-refractivity contribution >= 4 is 25.8 Å². The molecule has 1 aromatic carbocycles. The minimum atomic E-state index is -1.26. The van der Waals surface area contributed by atoms with Gasteiger partial charge in [0.15, 0.2) is 0 Å². The maximum Gasteiger partial charge on any atom is 0.0414 e. The van der Waals surface area contributed by atoms with Gasteiger partial charge in [-0.3, -0.25) is 5.14 Å². The van der Waals surface area contributed by atoms with Crippen LogP contribution in [-0.2, 0) is 4.75 Å². The van der Waals surface area contributed by atoms with Gasteiger partial charge in [0, 0.05) is 23.6 Å². The van der Waals surface area contributed by atoms with E-state index in [4.69, 9.17) is 5.14 Å². The molecule has 0 radical (unpaired) electrons. The van der Waals surface area contributed by atoms with E-state index in [0.717, 1.165) is 24.4 Å². The SMILES string of the molecule is C=C(C)c1ccccc1C(C)(C)S1(N)CCN(CCC)S1. The average Bonchev–Trinajstić information content (AvgIpc) is 2.82. The first-order valence-corrected chi connectivity index (χ1v) is 10.8. The molecule has 2 rings (SSSR count). The third-order valence-corrected chi connectivity index (χ3v) is 11.0. The average molecular weight is 325 g/mol. The Kier molecular flexibility index (Phi) is 5.14. The highest BCUT2D eigenvalue weighted by Crippen LogP contribution is 2.71. The lowest BCUT2D eigenvalue weighted by atomic mass is 9.93. The highest BCUT2D eigenvalue weighted by atomic mass is 33.2. The number of rotatable bonds is 5. The molecule has 2 N–H and O–H groups in total. The maximum atomic E-state index is 6.93. The van der Waals surface area contributed by atoms with E-state index in [0.29, 0.717) is 0 Å². The van der Waals surface area contributed by atoms with E-state index < -0.39 is 9.25 Å². The number of nitrogens with two attached hydrogens (primary N) is 1. The molecular formula is C17H28N2S2. The lowest BCUT2D eigenvalue weighted by Gasteiger charge is -2.46. The fourth-order valence-corrected chi connectivity index (χ4v) is 8.39. The van der Waals surface area contributed by atoms with Crippen molar-refractivity contribution in [1.82, 2.24) is 4.31 Å². The van der Waals surface area contributed by atoms with Crippen LogP contribution in [0.4, 0.5) is 0 Å². The second kappa shape index (κ2) is 6.37. The summed E-state index contributed by atoms with van der Waals surface area (Å²) >= 11 is 0. The van der Waals surface area contributed by atoms with Crippen LogP contribution in [0.3, 0.4) is 0 Å². The molecule has 1 saturated heterocycles. The van der Waals surface area contributed by atoms with Crippen molar-refractivity contribution < 1.29 is 0 Å². The summed E-state index contributed by atoms with van der Waals surface area (Å²) in [5.41, 5.74) is 3.73. The molecule has 1 fully saturated rings. The van der Waals surface area contributed by atoms with Gasteiger partial charge >= 0.3 is 0 Å². The van der Waals surface area contributed by atoms with Crippen molar-refractivity contribution in [2.45, 2.75) is 38.9 Å². The van der Waals surface area contributed by atoms with E-state index in [1.807, 2.05) is 11.0 Å². The van der Waals surface area contributed by atoms with Gasteiger partial charge in [0.2, 0.25) is 0 Å². The fraction of sp³-hybridized carbons (Fsp3) is 0.529. The Labute approximate surface area is 135 Å². The first kappa shape index (κ1) is 16.9. The number of hydrogen-bond donors (Lipinski definition) is 1. The van der Waals surface area contributed by atoms with Crippen LogP contribution in [0.2, 0.25) is 0 Å². The number of benzene rings is 1. The topological polar surface area (TPSA) is 29.3 Å². The minimum Gasteiger partial charge on any atom is -0.285 e. The molecule has 1 aromatic rings. The van der Waals surface area contributed by atoms with Gasteiger partial charge in [0.1, 0.15) is 0 Å². The lowest BCUT2D eigenvalue weighted by Crippen LogP contribution is -2.31. The molecule has 1 atom stereocenters. The van der Waals surface area contributed by atoms with Gasteiger partial charge in [-0.2, -0.15) is 0 Å². The van der Waals surface area contributed by atoms with Crippen LogP contribution in [0.5, 0.6) is 0 Å². The van der Waals surface area contributed by atoms with Crippen LogP contribution in [0.25, 0.3) is 5.57 Å². The van der Waals surface area contributed by atoms with E-state index in [1.54, 1.807) is 0 Å². The zero-order valence-corrected chi connectivity index (χ0v) is 15.3. The number of hydrogen-bond acceptors (Lipinski definition) is 3. The molecule has 0 spiro atoms. The van der Waals surface area contributed by atoms with Gasteiger partial charge in [-0.05, 0) is 49.3 Å². The Morgan fingerprint density at radius 3 is 2.71 bits per heavy atom. The molecule has 1 unspecified atom stereocenters. The second-order valence-electron chi connectivity index (χ2n) is 6.27. The second-order valence-corrected chi connectivity index (χ2v) is 12.0. The van der Waals surface area contributed by atoms with Gasteiger partial charge < -0.3 is 0 Å². The zero-order valence-electron chi connectivity index (χ0n) is 13.7. The summed E-state index contributed by atoms with van der Waals surface area (Å²) in [5, 5.41) is 6.93. The summed E-state index contributed by atoms with van der Waals surface area (Å²) in [6.45, 7) is 15.3. The van der Waals surface area contributed by atoms with Crippen LogP contribution >= 0.6 is 20.2 Å². The van der Waals surface area contributed by atoms with E-state index in [1.165, 1.54) is 17.5 Å². The predicted octanol–water partition coefficient (Wildman–Crippen LogP) is 4.92. The number of nitrogens with zero attached hydrogens (tertiary/aromatic N) is 1. The summed E-state index contributed by atoms with van der Waals surface area (Å²) in [4.78, 5) is 0. The maximum absolute atomic E-state index is 6.93. The molecule has 0 aromatic heterocycles. The van der Waals surface area contributed by atoms with Gasteiger partial charge in [-0.25, -0.2) is 4.31 Å². The van der Waals surface area contributed by atoms with Gasteiger partial charge in [0.05, 0.1) is 0 Å². The Morgan fingerprint density at radius 2 is 2.10 bits per heavy atom. The standard InChI is InChI=1S/C17H28N2S2/c1-6-11-19-12-13-21(18,20-19)17(4,5)16-10-8-7-9-15(16)14(2)3/h7-10H,2,6,11-13,18H2,1,3-5H3. The molecule has 0 amide bonds. The molecule has 4 heteroatoms. The molecule has 118 valence electrons. The van der Waals surface area contributed by atoms with Crippen molar-refractivity contribution in [2.24, 2.45) is 5.14 Å². The first-order chi connectivity index (χ1) is 9.82. The minimum absolute atomic E-state index is 0.0182. The molecule has 2 nitrogen and oxygen atoms in total. The van der Waals surface area contributed by atoms with Crippen LogP contribution in [0, 0.1) is 0 Å². The van der Waals surface area contributed by atoms with Crippen LogP contribution in [-0.4, -0.2) is 23.1 Å². The first-order valence-electron chi connectivity index (χ1n) is 7.60. The molecule has 0 aliphatic carbocycles. The van der Waals surface area contributed by atoms with Crippen molar-refractivity contribution in [2.75, 3.05) is 18.8 Å². The fourth-order valence-electron chi connectivity index (χ4n) is 2.81. The van der Waals surface area contributed by atoms with Crippen molar-refractivity contribution in [3.05, 3.63) is 42.0 Å². The van der Waals surface area contributed by atoms with E-state index in [9.17, 15) is 0 Å². The molecule has 0 bridgehead atoms. The Hall–Kier alpha value is -0.420. The van der Waals surface area contributed by atoms with E-state index in [2.05, 4.69) is 62.8 Å². The van der Waals surface area contributed by atoms with Crippen LogP contribution in [0.15, 0.2) is 30.8 Å². The van der Waals surface area contributed by atoms with E-state index >= 15 is 0 Å². The predicted molar refractivity (Wildman–Crippen MR) is 100 cm³/mol. The lowest BCUT2D eigenvalue weighted by molar-refractivity contribution is 0.507. The third-order valence-electron chi connectivity index (χ3n) is 4.25. The highest BCUT2D eigenvalue weighted by Gasteiger charge is 2.45. The highest BCUT2D eigenvalue weighted by molar-refractivity contribution is 8.93. The van der Waals surface area contributed by atoms with Crippen molar-refractivity contribution in [1.29, 1.82) is 0 Å². The summed E-state index contributed by atoms with van der Waals surface area (Å²) < 4.78 is 2.44. The molecule has 0 saturated carbocycles. The molecular weight excluding hydrogens is 296 g/mol. The van der Waals surface area contributed by atoms with Gasteiger partial charge in [-0.15, -0.1) is 9.25 Å². The van der Waals surface area contributed by atoms with E-state index in [-0.39, 0.29) is 4.75 Å². The molecule has 1 aliphatic rings. The van der Waals surface area contributed by atoms with Gasteiger partial charge in [0.25, 0.3) is 0 Å². The number of allylic oxidation sites excluding steroid dienone is 1. The van der Waals surface area contributed by atoms with Crippen LogP contribution < -0.4 is 5.14 Å². The summed E-state index contributed by atoms with van der Waals surface area (Å²) in [6, 6.07) is 8.61. The monoisotopic (exact) mass is 324 g/mol. The summed E-state index contributed by atoms with van der Waals surface area (Å²) in [5.74, 6) is 1.11. The smallest absolute Gasteiger partial charge is 0.0414 e. The zero-order chi connectivity index (χ0) is 15.7. The largest absolute Gasteiger partial charge is 0.285 e. The Morgan fingerprint density at radius 1 is 1.43 bits per heavy atom. The third kappa shape index (κ3) is 3.19. The molecule has 1 aliphatic heterocycles. The quantitative estimate of drug-likeness (QED) is 0.615. The van der Waals surface area contributed by atoms with Gasteiger partial charge in [-0.1, -0.05) is 43.3 Å². The molecule has 21 heavy (non-hydrogen) atoms. The summed E-state index contributed by atoms with van der Waals surface area (Å²) in [6.07, 6.45) is 1.19. The Bertz CT molecular complexity index is 527. The van der Waals surface area contributed by atoms with Crippen molar-refractivity contribution in [3.8, 4) is 0 Å². The summed E-state index contributed by atoms with van der Waals surface area (Å²) in [7, 11) is 0.664.